The van der Waals surface area contributed by atoms with E-state index in [4.69, 9.17) is 4.99 Å². The lowest BCUT2D eigenvalue weighted by molar-refractivity contribution is 0.978. The fourth-order valence-electron chi connectivity index (χ4n) is 5.70. The summed E-state index contributed by atoms with van der Waals surface area (Å²) in [4.78, 5) is 5.17. The summed E-state index contributed by atoms with van der Waals surface area (Å²) in [7, 11) is -1.04. The van der Waals surface area contributed by atoms with Gasteiger partial charge in [0.15, 0.2) is 0 Å². The van der Waals surface area contributed by atoms with E-state index in [1.54, 1.807) is 10.8 Å². The van der Waals surface area contributed by atoms with Crippen molar-refractivity contribution in [2.24, 2.45) is 4.99 Å². The number of hydrogen-bond acceptors (Lipinski definition) is 1. The van der Waals surface area contributed by atoms with Crippen molar-refractivity contribution >= 4 is 37.0 Å². The van der Waals surface area contributed by atoms with Crippen LogP contribution in [0, 0.1) is 6.92 Å². The van der Waals surface area contributed by atoms with Crippen LogP contribution in [0.1, 0.15) is 61.4 Å². The molecule has 0 spiro atoms. The van der Waals surface area contributed by atoms with Crippen LogP contribution in [0.5, 0.6) is 0 Å². The van der Waals surface area contributed by atoms with E-state index in [2.05, 4.69) is 84.1 Å². The fraction of sp³-hybridized carbons (Fsp3) is 0.296. The van der Waals surface area contributed by atoms with Gasteiger partial charge in [0.25, 0.3) is 0 Å². The summed E-state index contributed by atoms with van der Waals surface area (Å²) in [6.45, 7) is 16.3. The summed E-state index contributed by atoms with van der Waals surface area (Å²) in [6, 6.07) is 11.3. The number of aliphatic imine (C=N–C) groups is 1. The Morgan fingerprint density at radius 2 is 1.62 bits per heavy atom. The van der Waals surface area contributed by atoms with Gasteiger partial charge in [-0.25, -0.2) is 4.99 Å². The van der Waals surface area contributed by atoms with Crippen LogP contribution >= 0.6 is 0 Å². The summed E-state index contributed by atoms with van der Waals surface area (Å²) in [6.07, 6.45) is 2.39. The normalized spacial score (nSPS) is 19.7. The molecule has 0 saturated heterocycles. The first-order chi connectivity index (χ1) is 13.8. The van der Waals surface area contributed by atoms with Crippen molar-refractivity contribution in [3.8, 4) is 0 Å². The Hall–Kier alpha value is -2.45. The molecule has 0 fully saturated rings. The lowest BCUT2D eigenvalue weighted by atomic mass is 9.82. The zero-order valence-electron chi connectivity index (χ0n) is 18.6. The van der Waals surface area contributed by atoms with Crippen LogP contribution in [0.25, 0.3) is 11.6 Å². The second-order valence-corrected chi connectivity index (χ2v) is 12.1. The molecule has 146 valence electrons. The first-order valence-electron chi connectivity index (χ1n) is 10.7. The molecule has 0 bridgehead atoms. The number of rotatable bonds is 2. The molecular formula is C27H29NSi. The van der Waals surface area contributed by atoms with Crippen molar-refractivity contribution < 1.29 is 0 Å². The van der Waals surface area contributed by atoms with Gasteiger partial charge < -0.3 is 0 Å². The van der Waals surface area contributed by atoms with Crippen LogP contribution in [0.4, 0.5) is 5.69 Å². The number of hydrogen-bond donors (Lipinski definition) is 0. The molecule has 1 aliphatic heterocycles. The van der Waals surface area contributed by atoms with Crippen molar-refractivity contribution in [1.82, 2.24) is 0 Å². The Kier molecular flexibility index (Phi) is 4.01. The number of allylic oxidation sites excluding steroid dienone is 5. The summed E-state index contributed by atoms with van der Waals surface area (Å²) in [5, 5.41) is 1.64. The monoisotopic (exact) mass is 395 g/mol. The molecule has 29 heavy (non-hydrogen) atoms. The zero-order chi connectivity index (χ0) is 20.6. The van der Waals surface area contributed by atoms with Crippen LogP contribution in [0.3, 0.4) is 0 Å². The molecule has 2 heteroatoms. The number of benzene rings is 2. The molecule has 1 heterocycles. The molecule has 5 rings (SSSR count). The van der Waals surface area contributed by atoms with Gasteiger partial charge in [0.2, 0.25) is 0 Å². The van der Waals surface area contributed by atoms with Crippen molar-refractivity contribution in [3.63, 3.8) is 0 Å². The van der Waals surface area contributed by atoms with Gasteiger partial charge in [-0.15, -0.1) is 0 Å². The summed E-state index contributed by atoms with van der Waals surface area (Å²) >= 11 is 0. The first kappa shape index (κ1) is 18.6. The summed E-state index contributed by atoms with van der Waals surface area (Å²) < 4.78 is 0. The third-order valence-corrected chi connectivity index (χ3v) is 9.10. The molecule has 3 aliphatic rings. The molecule has 2 aliphatic carbocycles. The van der Waals surface area contributed by atoms with E-state index in [-0.39, 0.29) is 0 Å². The van der Waals surface area contributed by atoms with E-state index in [9.17, 15) is 0 Å². The molecule has 0 amide bonds. The molecule has 0 radical (unpaired) electrons. The lowest BCUT2D eigenvalue weighted by Gasteiger charge is -2.26. The largest absolute Gasteiger partial charge is 0.247 e. The predicted molar refractivity (Wildman–Crippen MR) is 130 cm³/mol. The van der Waals surface area contributed by atoms with Crippen LogP contribution in [-0.2, 0) is 0 Å². The van der Waals surface area contributed by atoms with Crippen LogP contribution in [0.15, 0.2) is 57.6 Å². The van der Waals surface area contributed by atoms with Crippen molar-refractivity contribution in [2.45, 2.75) is 53.6 Å². The molecule has 2 aromatic carbocycles. The van der Waals surface area contributed by atoms with Crippen LogP contribution < -0.4 is 5.19 Å². The third-order valence-electron chi connectivity index (χ3n) is 7.18. The molecule has 0 saturated carbocycles. The highest BCUT2D eigenvalue weighted by molar-refractivity contribution is 6.72. The molecular weight excluding hydrogens is 366 g/mol. The Morgan fingerprint density at radius 1 is 0.897 bits per heavy atom. The minimum absolute atomic E-state index is 0.348. The Balaban J connectivity index is 1.87. The van der Waals surface area contributed by atoms with Gasteiger partial charge in [0.05, 0.1) is 20.2 Å². The van der Waals surface area contributed by atoms with Gasteiger partial charge in [-0.05, 0) is 79.7 Å². The minimum atomic E-state index is -1.04. The van der Waals surface area contributed by atoms with E-state index < -0.39 is 8.80 Å². The minimum Gasteiger partial charge on any atom is -0.247 e. The van der Waals surface area contributed by atoms with Gasteiger partial charge in [-0.1, -0.05) is 54.2 Å². The number of aryl methyl sites for hydroxylation is 1. The summed E-state index contributed by atoms with van der Waals surface area (Å²) in [5.41, 5.74) is 16.7. The number of nitrogens with zero attached hydrogens (tertiary/aromatic N) is 1. The van der Waals surface area contributed by atoms with Crippen molar-refractivity contribution in [1.29, 1.82) is 0 Å². The van der Waals surface area contributed by atoms with E-state index in [1.165, 1.54) is 61.5 Å². The van der Waals surface area contributed by atoms with Crippen molar-refractivity contribution in [3.05, 3.63) is 80.4 Å². The number of fused-ring (bicyclic) bond motifs is 4. The highest BCUT2D eigenvalue weighted by Gasteiger charge is 2.38. The molecule has 1 nitrogen and oxygen atoms in total. The molecule has 0 N–H and O–H groups in total. The quantitative estimate of drug-likeness (QED) is 0.518. The highest BCUT2D eigenvalue weighted by atomic mass is 28.3. The topological polar surface area (TPSA) is 12.4 Å². The maximum Gasteiger partial charge on any atom is 0.0751 e. The van der Waals surface area contributed by atoms with Gasteiger partial charge in [0, 0.05) is 17.1 Å². The highest BCUT2D eigenvalue weighted by Crippen LogP contribution is 2.51. The summed E-state index contributed by atoms with van der Waals surface area (Å²) in [5.74, 6) is 0.348. The smallest absolute Gasteiger partial charge is 0.0751 e. The van der Waals surface area contributed by atoms with Gasteiger partial charge in [-0.3, -0.25) is 0 Å². The third kappa shape index (κ3) is 2.42. The second-order valence-electron chi connectivity index (χ2n) is 9.23. The van der Waals surface area contributed by atoms with E-state index in [1.807, 2.05) is 0 Å². The Morgan fingerprint density at radius 3 is 2.34 bits per heavy atom. The molecule has 2 aromatic rings. The van der Waals surface area contributed by atoms with E-state index >= 15 is 0 Å². The fourth-order valence-corrected chi connectivity index (χ4v) is 7.62. The second kappa shape index (κ2) is 6.27. The van der Waals surface area contributed by atoms with Crippen LogP contribution in [0.2, 0.25) is 13.1 Å². The average Bonchev–Trinajstić information content (AvgIpc) is 3.27. The zero-order valence-corrected chi connectivity index (χ0v) is 19.7. The maximum atomic E-state index is 5.17. The molecule has 1 unspecified atom stereocenters. The Labute approximate surface area is 176 Å². The van der Waals surface area contributed by atoms with E-state index in [0.29, 0.717) is 5.92 Å². The molecule has 0 aromatic heterocycles. The van der Waals surface area contributed by atoms with Crippen molar-refractivity contribution in [2.75, 3.05) is 0 Å². The van der Waals surface area contributed by atoms with Gasteiger partial charge in [-0.2, -0.15) is 0 Å². The SMILES string of the molecule is CC1=Cc2ccccc2C1c1c2c(cc(C)c1[SiH](C)C)N=C1C(C)=C(C)C(C)=C12. The van der Waals surface area contributed by atoms with Gasteiger partial charge in [0.1, 0.15) is 0 Å². The standard InChI is InChI=1S/C27H29NSi/c1-14-12-19-10-8-9-11-20(19)22(14)25-24-21(13-15(2)27(25)29(6)7)28-26-18(5)16(3)17(4)23(24)26/h8-13,22,29H,1-7H3. The lowest BCUT2D eigenvalue weighted by Crippen LogP contribution is -2.32. The average molecular weight is 396 g/mol. The van der Waals surface area contributed by atoms with Crippen LogP contribution in [-0.4, -0.2) is 14.5 Å². The first-order valence-corrected chi connectivity index (χ1v) is 13.6. The predicted octanol–water partition coefficient (Wildman–Crippen LogP) is 6.45. The van der Waals surface area contributed by atoms with Gasteiger partial charge >= 0.3 is 0 Å². The maximum absolute atomic E-state index is 5.17. The van der Waals surface area contributed by atoms with E-state index in [0.717, 1.165) is 0 Å². The molecule has 1 atom stereocenters. The Bertz CT molecular complexity index is 1220.